The molecule has 0 bridgehead atoms. The van der Waals surface area contributed by atoms with Crippen molar-refractivity contribution in [2.75, 3.05) is 0 Å². The molecule has 0 fully saturated rings. The molecule has 14 heavy (non-hydrogen) atoms. The summed E-state index contributed by atoms with van der Waals surface area (Å²) in [6, 6.07) is 0. The zero-order valence-electron chi connectivity index (χ0n) is 8.40. The maximum absolute atomic E-state index is 12.4. The van der Waals surface area contributed by atoms with Gasteiger partial charge in [-0.2, -0.15) is 8.78 Å². The highest BCUT2D eigenvalue weighted by molar-refractivity contribution is 4.62. The van der Waals surface area contributed by atoms with Crippen molar-refractivity contribution in [1.29, 1.82) is 0 Å². The van der Waals surface area contributed by atoms with Gasteiger partial charge in [-0.1, -0.05) is 26.7 Å². The van der Waals surface area contributed by atoms with Gasteiger partial charge in [0.15, 0.2) is 0 Å². The average molecular weight is 216 g/mol. The minimum atomic E-state index is -4.31. The van der Waals surface area contributed by atoms with Crippen molar-refractivity contribution in [3.8, 4) is 0 Å². The van der Waals surface area contributed by atoms with E-state index >= 15 is 0 Å². The second-order valence-corrected chi connectivity index (χ2v) is 3.15. The van der Waals surface area contributed by atoms with E-state index in [1.165, 1.54) is 0 Å². The van der Waals surface area contributed by atoms with Crippen LogP contribution in [0.1, 0.15) is 39.5 Å². The molecule has 0 aromatic rings. The Bertz CT molecular complexity index is 150. The molecule has 0 amide bonds. The predicted octanol–water partition coefficient (Wildman–Crippen LogP) is 3.83. The van der Waals surface area contributed by atoms with Crippen molar-refractivity contribution in [1.82, 2.24) is 0 Å². The largest absolute Gasteiger partial charge is 0.416 e. The van der Waals surface area contributed by atoms with E-state index in [4.69, 9.17) is 0 Å². The monoisotopic (exact) mass is 216 g/mol. The first-order chi connectivity index (χ1) is 6.44. The molecule has 0 aliphatic rings. The van der Waals surface area contributed by atoms with Crippen LogP contribution in [0, 0.1) is 0 Å². The Morgan fingerprint density at radius 2 is 1.79 bits per heavy atom. The molecular weight excluding hydrogens is 200 g/mol. The van der Waals surface area contributed by atoms with Crippen LogP contribution in [0.3, 0.4) is 0 Å². The van der Waals surface area contributed by atoms with Crippen LogP contribution in [0.15, 0.2) is 0 Å². The van der Waals surface area contributed by atoms with Gasteiger partial charge in [0.2, 0.25) is 0 Å². The molecule has 0 heterocycles. The molecule has 0 radical (unpaired) electrons. The molecule has 0 aliphatic heterocycles. The van der Waals surface area contributed by atoms with Crippen LogP contribution in [0.25, 0.3) is 0 Å². The highest BCUT2D eigenvalue weighted by Crippen LogP contribution is 2.28. The third-order valence-corrected chi connectivity index (χ3v) is 1.91. The van der Waals surface area contributed by atoms with Gasteiger partial charge in [-0.25, -0.2) is 8.78 Å². The average Bonchev–Trinajstić information content (AvgIpc) is 2.11. The van der Waals surface area contributed by atoms with E-state index in [9.17, 15) is 17.6 Å². The van der Waals surface area contributed by atoms with Crippen LogP contribution < -0.4 is 0 Å². The third kappa shape index (κ3) is 4.79. The summed E-state index contributed by atoms with van der Waals surface area (Å²) in [5.74, 6) is 0. The van der Waals surface area contributed by atoms with E-state index in [0.717, 1.165) is 6.42 Å². The van der Waals surface area contributed by atoms with E-state index in [2.05, 4.69) is 4.74 Å². The van der Waals surface area contributed by atoms with Gasteiger partial charge in [-0.05, 0) is 12.8 Å². The Labute approximate surface area is 81.4 Å². The first-order valence-corrected chi connectivity index (χ1v) is 4.77. The lowest BCUT2D eigenvalue weighted by Gasteiger charge is -2.22. The van der Waals surface area contributed by atoms with Gasteiger partial charge in [0, 0.05) is 0 Å². The van der Waals surface area contributed by atoms with Crippen LogP contribution in [-0.2, 0) is 4.74 Å². The number of alkyl halides is 4. The molecule has 0 aromatic heterocycles. The summed E-state index contributed by atoms with van der Waals surface area (Å²) in [4.78, 5) is 0. The second kappa shape index (κ2) is 6.22. The fourth-order valence-electron chi connectivity index (χ4n) is 1.05. The van der Waals surface area contributed by atoms with Crippen molar-refractivity contribution in [2.45, 2.75) is 58.2 Å². The molecule has 5 heteroatoms. The molecule has 0 N–H and O–H groups in total. The summed E-state index contributed by atoms with van der Waals surface area (Å²) in [7, 11) is 0. The Morgan fingerprint density at radius 1 is 1.21 bits per heavy atom. The van der Waals surface area contributed by atoms with Gasteiger partial charge >= 0.3 is 12.5 Å². The quantitative estimate of drug-likeness (QED) is 0.587. The van der Waals surface area contributed by atoms with Gasteiger partial charge in [0.05, 0.1) is 6.10 Å². The summed E-state index contributed by atoms with van der Waals surface area (Å²) in [5, 5.41) is 0. The molecule has 0 rings (SSSR count). The van der Waals surface area contributed by atoms with Crippen LogP contribution in [-0.4, -0.2) is 18.6 Å². The van der Waals surface area contributed by atoms with Crippen molar-refractivity contribution < 1.29 is 22.3 Å². The lowest BCUT2D eigenvalue weighted by atomic mass is 10.1. The first-order valence-electron chi connectivity index (χ1n) is 4.77. The Hall–Kier alpha value is -0.320. The molecule has 0 aliphatic carbocycles. The van der Waals surface area contributed by atoms with E-state index in [1.54, 1.807) is 6.92 Å². The van der Waals surface area contributed by atoms with E-state index in [0.29, 0.717) is 19.3 Å². The fourth-order valence-corrected chi connectivity index (χ4v) is 1.05. The van der Waals surface area contributed by atoms with Gasteiger partial charge in [0.25, 0.3) is 0 Å². The first kappa shape index (κ1) is 13.7. The summed E-state index contributed by atoms with van der Waals surface area (Å²) in [5.41, 5.74) is 0. The summed E-state index contributed by atoms with van der Waals surface area (Å²) in [6.07, 6.45) is -6.58. The molecule has 1 atom stereocenters. The van der Waals surface area contributed by atoms with Crippen molar-refractivity contribution in [3.05, 3.63) is 0 Å². The minimum Gasteiger partial charge on any atom is -0.313 e. The molecule has 1 nitrogen and oxygen atoms in total. The normalized spacial score (nSPS) is 14.8. The fraction of sp³-hybridized carbons (Fsp3) is 1.00. The molecule has 0 aromatic carbocycles. The molecule has 86 valence electrons. The van der Waals surface area contributed by atoms with Crippen LogP contribution in [0.4, 0.5) is 17.6 Å². The van der Waals surface area contributed by atoms with Gasteiger partial charge < -0.3 is 4.74 Å². The van der Waals surface area contributed by atoms with Gasteiger partial charge in [-0.3, -0.25) is 0 Å². The smallest absolute Gasteiger partial charge is 0.313 e. The molecule has 1 unspecified atom stereocenters. The highest BCUT2D eigenvalue weighted by Gasteiger charge is 2.43. The lowest BCUT2D eigenvalue weighted by molar-refractivity contribution is -0.319. The Kier molecular flexibility index (Phi) is 6.08. The number of hydrogen-bond acceptors (Lipinski definition) is 1. The van der Waals surface area contributed by atoms with Gasteiger partial charge in [0.1, 0.15) is 0 Å². The SMILES string of the molecule is CCCCC(CC)OC(F)(F)C(F)F. The van der Waals surface area contributed by atoms with Gasteiger partial charge in [-0.15, -0.1) is 0 Å². The molecule has 0 saturated carbocycles. The summed E-state index contributed by atoms with van der Waals surface area (Å²) >= 11 is 0. The van der Waals surface area contributed by atoms with Crippen LogP contribution in [0.2, 0.25) is 0 Å². The van der Waals surface area contributed by atoms with E-state index in [-0.39, 0.29) is 0 Å². The maximum atomic E-state index is 12.4. The zero-order valence-corrected chi connectivity index (χ0v) is 8.40. The summed E-state index contributed by atoms with van der Waals surface area (Å²) in [6.45, 7) is 3.54. The van der Waals surface area contributed by atoms with Crippen LogP contribution in [0.5, 0.6) is 0 Å². The lowest BCUT2D eigenvalue weighted by Crippen LogP contribution is -2.34. The predicted molar refractivity (Wildman–Crippen MR) is 45.6 cm³/mol. The number of ether oxygens (including phenoxy) is 1. The number of halogens is 4. The number of rotatable bonds is 7. The van der Waals surface area contributed by atoms with E-state index in [1.807, 2.05) is 6.92 Å². The maximum Gasteiger partial charge on any atom is 0.416 e. The molecule has 0 spiro atoms. The standard InChI is InChI=1S/C9H16F4O/c1-3-5-6-7(4-2)14-9(12,13)8(10)11/h7-8H,3-6H2,1-2H3. The topological polar surface area (TPSA) is 9.23 Å². The second-order valence-electron chi connectivity index (χ2n) is 3.15. The zero-order chi connectivity index (χ0) is 11.2. The van der Waals surface area contributed by atoms with Crippen molar-refractivity contribution >= 4 is 0 Å². The highest BCUT2D eigenvalue weighted by atomic mass is 19.3. The number of unbranched alkanes of at least 4 members (excludes halogenated alkanes) is 1. The summed E-state index contributed by atoms with van der Waals surface area (Å²) < 4.78 is 52.5. The van der Waals surface area contributed by atoms with E-state index < -0.39 is 18.6 Å². The molecular formula is C9H16F4O. The van der Waals surface area contributed by atoms with Crippen LogP contribution >= 0.6 is 0 Å². The minimum absolute atomic E-state index is 0.322. The van der Waals surface area contributed by atoms with Crippen molar-refractivity contribution in [2.24, 2.45) is 0 Å². The third-order valence-electron chi connectivity index (χ3n) is 1.91. The number of hydrogen-bond donors (Lipinski definition) is 0. The molecule has 0 saturated heterocycles. The van der Waals surface area contributed by atoms with Crippen molar-refractivity contribution in [3.63, 3.8) is 0 Å². The Morgan fingerprint density at radius 3 is 2.14 bits per heavy atom. The Balaban J connectivity index is 4.02.